The highest BCUT2D eigenvalue weighted by Gasteiger charge is 2.27. The summed E-state index contributed by atoms with van der Waals surface area (Å²) < 4.78 is 36.4. The highest BCUT2D eigenvalue weighted by atomic mass is 32.2. The van der Waals surface area contributed by atoms with Crippen LogP contribution in [0.1, 0.15) is 19.4 Å². The van der Waals surface area contributed by atoms with Crippen molar-refractivity contribution >= 4 is 21.9 Å². The highest BCUT2D eigenvalue weighted by Crippen LogP contribution is 2.15. The Bertz CT molecular complexity index is 768. The number of nitrogens with zero attached hydrogens (tertiary/aromatic N) is 2. The molecule has 27 heavy (non-hydrogen) atoms. The molecule has 0 N–H and O–H groups in total. The lowest BCUT2D eigenvalue weighted by atomic mass is 10.2. The van der Waals surface area contributed by atoms with E-state index in [1.807, 2.05) is 20.8 Å². The van der Waals surface area contributed by atoms with Gasteiger partial charge in [-0.05, 0) is 32.9 Å². The Balaban J connectivity index is 1.87. The van der Waals surface area contributed by atoms with Crippen molar-refractivity contribution in [2.45, 2.75) is 37.9 Å². The number of amides is 1. The molecule has 0 spiro atoms. The molecule has 1 amide bonds. The fourth-order valence-corrected chi connectivity index (χ4v) is 3.93. The minimum atomic E-state index is -3.80. The molecule has 0 saturated carbocycles. The Morgan fingerprint density at radius 3 is 2.30 bits per heavy atom. The molecular weight excluding hydrogens is 372 g/mol. The third kappa shape index (κ3) is 5.75. The van der Waals surface area contributed by atoms with E-state index in [4.69, 9.17) is 9.47 Å². The lowest BCUT2D eigenvalue weighted by Crippen LogP contribution is -2.49. The maximum atomic E-state index is 12.5. The van der Waals surface area contributed by atoms with Crippen LogP contribution in [-0.4, -0.2) is 75.0 Å². The number of esters is 1. The molecule has 2 atom stereocenters. The first kappa shape index (κ1) is 21.3. The molecule has 1 heterocycles. The average Bonchev–Trinajstić information content (AvgIpc) is 2.59. The molecule has 1 aliphatic rings. The average molecular weight is 398 g/mol. The number of aryl methyl sites for hydroxylation is 1. The summed E-state index contributed by atoms with van der Waals surface area (Å²) in [7, 11) is -2.51. The van der Waals surface area contributed by atoms with Crippen LogP contribution in [0.15, 0.2) is 29.2 Å². The van der Waals surface area contributed by atoms with Gasteiger partial charge in [0.2, 0.25) is 10.0 Å². The van der Waals surface area contributed by atoms with Crippen molar-refractivity contribution in [2.75, 3.05) is 33.3 Å². The molecule has 2 unspecified atom stereocenters. The number of carbonyl (C=O) groups excluding carboxylic acids is 2. The van der Waals surface area contributed by atoms with E-state index in [1.54, 1.807) is 17.0 Å². The van der Waals surface area contributed by atoms with E-state index in [9.17, 15) is 18.0 Å². The monoisotopic (exact) mass is 398 g/mol. The standard InChI is InChI=1S/C18H26N2O6S/c1-13-5-7-16(8-6-13)27(23,24)19(4)11-18(22)25-12-17(21)20-9-14(2)26-15(3)10-20/h5-8,14-15H,9-12H2,1-4H3. The van der Waals surface area contributed by atoms with E-state index >= 15 is 0 Å². The Labute approximate surface area is 160 Å². The lowest BCUT2D eigenvalue weighted by molar-refractivity contribution is -0.157. The van der Waals surface area contributed by atoms with Crippen molar-refractivity contribution in [2.24, 2.45) is 0 Å². The van der Waals surface area contributed by atoms with Crippen molar-refractivity contribution in [1.29, 1.82) is 0 Å². The second-order valence-corrected chi connectivity index (χ2v) is 8.84. The van der Waals surface area contributed by atoms with Gasteiger partial charge < -0.3 is 14.4 Å². The number of rotatable bonds is 6. The zero-order valence-electron chi connectivity index (χ0n) is 16.0. The molecule has 1 aromatic rings. The molecule has 1 aromatic carbocycles. The third-order valence-electron chi connectivity index (χ3n) is 4.21. The van der Waals surface area contributed by atoms with E-state index in [0.717, 1.165) is 9.87 Å². The molecular formula is C18H26N2O6S. The van der Waals surface area contributed by atoms with E-state index in [-0.39, 0.29) is 23.0 Å². The summed E-state index contributed by atoms with van der Waals surface area (Å²) in [6.07, 6.45) is -0.168. The minimum Gasteiger partial charge on any atom is -0.455 e. The van der Waals surface area contributed by atoms with Gasteiger partial charge >= 0.3 is 5.97 Å². The number of sulfonamides is 1. The van der Waals surface area contributed by atoms with Gasteiger partial charge in [0.05, 0.1) is 17.1 Å². The number of benzene rings is 1. The van der Waals surface area contributed by atoms with Crippen molar-refractivity contribution in [3.8, 4) is 0 Å². The second-order valence-electron chi connectivity index (χ2n) is 6.79. The third-order valence-corrected chi connectivity index (χ3v) is 6.03. The van der Waals surface area contributed by atoms with Crippen molar-refractivity contribution < 1.29 is 27.5 Å². The zero-order valence-corrected chi connectivity index (χ0v) is 16.9. The van der Waals surface area contributed by atoms with E-state index in [2.05, 4.69) is 0 Å². The number of ether oxygens (including phenoxy) is 2. The summed E-state index contributed by atoms with van der Waals surface area (Å²) in [6.45, 7) is 5.56. The van der Waals surface area contributed by atoms with Crippen LogP contribution in [0.5, 0.6) is 0 Å². The van der Waals surface area contributed by atoms with E-state index in [1.165, 1.54) is 19.2 Å². The van der Waals surface area contributed by atoms with Crippen LogP contribution in [0.25, 0.3) is 0 Å². The van der Waals surface area contributed by atoms with Gasteiger partial charge in [0.1, 0.15) is 6.54 Å². The predicted molar refractivity (Wildman–Crippen MR) is 98.5 cm³/mol. The van der Waals surface area contributed by atoms with Gasteiger partial charge in [-0.3, -0.25) is 9.59 Å². The first-order valence-electron chi connectivity index (χ1n) is 8.71. The lowest BCUT2D eigenvalue weighted by Gasteiger charge is -2.35. The normalized spacial score (nSPS) is 20.6. The molecule has 1 aliphatic heterocycles. The zero-order chi connectivity index (χ0) is 20.2. The minimum absolute atomic E-state index is 0.0841. The topological polar surface area (TPSA) is 93.2 Å². The molecule has 1 fully saturated rings. The van der Waals surface area contributed by atoms with Gasteiger partial charge in [0, 0.05) is 20.1 Å². The van der Waals surface area contributed by atoms with E-state index in [0.29, 0.717) is 13.1 Å². The summed E-state index contributed by atoms with van der Waals surface area (Å²) in [6, 6.07) is 6.33. The number of likely N-dealkylation sites (N-methyl/N-ethyl adjacent to an activating group) is 1. The molecule has 1 saturated heterocycles. The Morgan fingerprint density at radius 2 is 1.74 bits per heavy atom. The van der Waals surface area contributed by atoms with Crippen LogP contribution in [0.2, 0.25) is 0 Å². The molecule has 9 heteroatoms. The predicted octanol–water partition coefficient (Wildman–Crippen LogP) is 0.795. The summed E-state index contributed by atoms with van der Waals surface area (Å²) in [4.78, 5) is 25.8. The summed E-state index contributed by atoms with van der Waals surface area (Å²) >= 11 is 0. The van der Waals surface area contributed by atoms with Crippen LogP contribution in [0.4, 0.5) is 0 Å². The van der Waals surface area contributed by atoms with Gasteiger partial charge in [-0.15, -0.1) is 0 Å². The summed E-state index contributed by atoms with van der Waals surface area (Å²) in [5, 5.41) is 0. The highest BCUT2D eigenvalue weighted by molar-refractivity contribution is 7.89. The van der Waals surface area contributed by atoms with Gasteiger partial charge in [0.25, 0.3) is 5.91 Å². The van der Waals surface area contributed by atoms with Crippen LogP contribution in [0.3, 0.4) is 0 Å². The maximum Gasteiger partial charge on any atom is 0.321 e. The first-order chi connectivity index (χ1) is 12.6. The van der Waals surface area contributed by atoms with Gasteiger partial charge in [-0.2, -0.15) is 4.31 Å². The number of carbonyl (C=O) groups is 2. The molecule has 0 radical (unpaired) electrons. The van der Waals surface area contributed by atoms with E-state index < -0.39 is 29.1 Å². The smallest absolute Gasteiger partial charge is 0.321 e. The fraction of sp³-hybridized carbons (Fsp3) is 0.556. The molecule has 0 bridgehead atoms. The van der Waals surface area contributed by atoms with Gasteiger partial charge in [0.15, 0.2) is 6.61 Å². The number of morpholine rings is 1. The van der Waals surface area contributed by atoms with Crippen molar-refractivity contribution in [3.63, 3.8) is 0 Å². The Hall–Kier alpha value is -1.97. The first-order valence-corrected chi connectivity index (χ1v) is 10.2. The largest absolute Gasteiger partial charge is 0.455 e. The Kier molecular flexibility index (Phi) is 6.96. The summed E-state index contributed by atoms with van der Waals surface area (Å²) in [5.74, 6) is -1.11. The van der Waals surface area contributed by atoms with Crippen LogP contribution >= 0.6 is 0 Å². The summed E-state index contributed by atoms with van der Waals surface area (Å²) in [5.41, 5.74) is 0.932. The van der Waals surface area contributed by atoms with Crippen LogP contribution in [-0.2, 0) is 29.1 Å². The number of hydrogen-bond acceptors (Lipinski definition) is 6. The fourth-order valence-electron chi connectivity index (χ4n) is 2.82. The van der Waals surface area contributed by atoms with Gasteiger partial charge in [-0.1, -0.05) is 17.7 Å². The maximum absolute atomic E-state index is 12.5. The number of hydrogen-bond donors (Lipinski definition) is 0. The Morgan fingerprint density at radius 1 is 1.19 bits per heavy atom. The quantitative estimate of drug-likeness (QED) is 0.658. The second kappa shape index (κ2) is 8.81. The van der Waals surface area contributed by atoms with Crippen LogP contribution < -0.4 is 0 Å². The van der Waals surface area contributed by atoms with Crippen LogP contribution in [0, 0.1) is 6.92 Å². The van der Waals surface area contributed by atoms with Crippen molar-refractivity contribution in [1.82, 2.24) is 9.21 Å². The molecule has 150 valence electrons. The molecule has 2 rings (SSSR count). The van der Waals surface area contributed by atoms with Crippen molar-refractivity contribution in [3.05, 3.63) is 29.8 Å². The molecule has 0 aromatic heterocycles. The van der Waals surface area contributed by atoms with Gasteiger partial charge in [-0.25, -0.2) is 8.42 Å². The SMILES string of the molecule is Cc1ccc(S(=O)(=O)N(C)CC(=O)OCC(=O)N2CC(C)OC(C)C2)cc1. The molecule has 0 aliphatic carbocycles. The molecule has 8 nitrogen and oxygen atoms in total.